The first-order chi connectivity index (χ1) is 11.3. The molecular formula is C16H25N3O5. The minimum atomic E-state index is -0.567. The fraction of sp³-hybridized carbons (Fsp3) is 0.500. The molecule has 0 radical (unpaired) electrons. The third-order valence-corrected chi connectivity index (χ3v) is 2.75. The van der Waals surface area contributed by atoms with E-state index in [1.807, 2.05) is 20.8 Å². The maximum absolute atomic E-state index is 11.4. The summed E-state index contributed by atoms with van der Waals surface area (Å²) in [5.74, 6) is 5.72. The van der Waals surface area contributed by atoms with Gasteiger partial charge in [0.15, 0.2) is 6.40 Å². The Morgan fingerprint density at radius 2 is 2.04 bits per heavy atom. The second-order valence-electron chi connectivity index (χ2n) is 6.09. The zero-order valence-corrected chi connectivity index (χ0v) is 14.2. The normalized spacial score (nSPS) is 12.9. The molecule has 1 aromatic rings. The van der Waals surface area contributed by atoms with Gasteiger partial charge in [-0.25, -0.2) is 15.7 Å². The molecule has 24 heavy (non-hydrogen) atoms. The molecule has 4 N–H and O–H groups in total. The summed E-state index contributed by atoms with van der Waals surface area (Å²) in [6.45, 7) is 5.76. The van der Waals surface area contributed by atoms with Crippen molar-refractivity contribution in [3.63, 3.8) is 0 Å². The summed E-state index contributed by atoms with van der Waals surface area (Å²) in [5, 5.41) is 11.5. The van der Waals surface area contributed by atoms with E-state index in [-0.39, 0.29) is 24.9 Å². The minimum absolute atomic E-state index is 0.0261. The number of aliphatic hydroxyl groups is 1. The number of aliphatic hydroxyl groups excluding tert-OH is 1. The monoisotopic (exact) mass is 339 g/mol. The second kappa shape index (κ2) is 9.86. The van der Waals surface area contributed by atoms with Gasteiger partial charge in [0.1, 0.15) is 18.5 Å². The maximum atomic E-state index is 11.4. The number of hydrogen-bond donors (Lipinski definition) is 3. The molecule has 1 unspecified atom stereocenters. The average molecular weight is 339 g/mol. The van der Waals surface area contributed by atoms with Gasteiger partial charge in [0, 0.05) is 18.6 Å². The summed E-state index contributed by atoms with van der Waals surface area (Å²) in [6, 6.07) is 6.85. The summed E-state index contributed by atoms with van der Waals surface area (Å²) in [7, 11) is 0. The number of rotatable bonds is 8. The van der Waals surface area contributed by atoms with Gasteiger partial charge in [-0.15, -0.1) is 0 Å². The van der Waals surface area contributed by atoms with Crippen molar-refractivity contribution in [3.05, 3.63) is 24.3 Å². The van der Waals surface area contributed by atoms with Crippen LogP contribution in [0.2, 0.25) is 0 Å². The summed E-state index contributed by atoms with van der Waals surface area (Å²) >= 11 is 0. The number of benzene rings is 1. The van der Waals surface area contributed by atoms with Crippen LogP contribution in [0.4, 0.5) is 10.5 Å². The molecule has 0 aromatic heterocycles. The van der Waals surface area contributed by atoms with Crippen LogP contribution in [0.5, 0.6) is 5.75 Å². The Bertz CT molecular complexity index is 526. The van der Waals surface area contributed by atoms with Crippen LogP contribution in [-0.4, -0.2) is 42.5 Å². The molecule has 0 aliphatic heterocycles. The summed E-state index contributed by atoms with van der Waals surface area (Å²) in [6.07, 6.45) is 0.536. The number of nitrogens with one attached hydrogen (secondary N) is 1. The first-order valence-electron chi connectivity index (χ1n) is 7.54. The molecule has 134 valence electrons. The van der Waals surface area contributed by atoms with Gasteiger partial charge in [-0.2, -0.15) is 0 Å². The lowest BCUT2D eigenvalue weighted by Gasteiger charge is -2.18. The van der Waals surface area contributed by atoms with E-state index >= 15 is 0 Å². The zero-order chi connectivity index (χ0) is 18.0. The zero-order valence-electron chi connectivity index (χ0n) is 14.2. The van der Waals surface area contributed by atoms with Gasteiger partial charge in [0.2, 0.25) is 0 Å². The number of alkyl carbamates (subject to hydrolysis) is 1. The average Bonchev–Trinajstić information content (AvgIpc) is 2.51. The van der Waals surface area contributed by atoms with E-state index in [0.29, 0.717) is 17.9 Å². The summed E-state index contributed by atoms with van der Waals surface area (Å²) < 4.78 is 10.3. The number of nitrogens with zero attached hydrogens (tertiary/aromatic N) is 1. The Morgan fingerprint density at radius 3 is 2.58 bits per heavy atom. The minimum Gasteiger partial charge on any atom is -0.491 e. The lowest BCUT2D eigenvalue weighted by Crippen LogP contribution is -2.40. The van der Waals surface area contributed by atoms with Crippen LogP contribution in [0.15, 0.2) is 29.3 Å². The quantitative estimate of drug-likeness (QED) is 0.378. The predicted molar refractivity (Wildman–Crippen MR) is 90.2 cm³/mol. The van der Waals surface area contributed by atoms with Crippen molar-refractivity contribution in [1.29, 1.82) is 0 Å². The van der Waals surface area contributed by atoms with E-state index < -0.39 is 6.09 Å². The molecule has 0 saturated carbocycles. The van der Waals surface area contributed by atoms with Crippen molar-refractivity contribution >= 4 is 18.2 Å². The summed E-state index contributed by atoms with van der Waals surface area (Å²) in [5.41, 5.74) is 0.235. The molecule has 1 amide bonds. The number of ether oxygens (including phenoxy) is 2. The molecule has 0 fully saturated rings. The molecule has 0 aliphatic rings. The molecule has 0 spiro atoms. The van der Waals surface area contributed by atoms with E-state index in [1.54, 1.807) is 24.3 Å². The number of aliphatic imine (C=N–C) groups is 1. The van der Waals surface area contributed by atoms with Crippen molar-refractivity contribution in [2.75, 3.05) is 13.2 Å². The smallest absolute Gasteiger partial charge is 0.413 e. The molecule has 1 aromatic carbocycles. The van der Waals surface area contributed by atoms with Crippen LogP contribution in [0.3, 0.4) is 0 Å². The van der Waals surface area contributed by atoms with Gasteiger partial charge >= 0.3 is 6.09 Å². The Morgan fingerprint density at radius 1 is 1.38 bits per heavy atom. The van der Waals surface area contributed by atoms with Crippen LogP contribution in [-0.2, 0) is 9.57 Å². The summed E-state index contributed by atoms with van der Waals surface area (Å²) in [4.78, 5) is 20.1. The molecular weight excluding hydrogens is 314 g/mol. The van der Waals surface area contributed by atoms with Crippen molar-refractivity contribution < 1.29 is 24.2 Å². The molecule has 0 bridgehead atoms. The highest BCUT2D eigenvalue weighted by Gasteiger charge is 2.13. The topological polar surface area (TPSA) is 115 Å². The molecule has 0 saturated heterocycles. The molecule has 0 heterocycles. The SMILES string of the molecule is CC(C)(C)NC(=O)OC=Nc1ccc(OCC(CCO)ON)cc1. The van der Waals surface area contributed by atoms with Gasteiger partial charge < -0.3 is 19.9 Å². The Balaban J connectivity index is 2.44. The van der Waals surface area contributed by atoms with E-state index in [9.17, 15) is 4.79 Å². The van der Waals surface area contributed by atoms with Crippen LogP contribution in [0.25, 0.3) is 0 Å². The van der Waals surface area contributed by atoms with Crippen molar-refractivity contribution in [2.24, 2.45) is 10.9 Å². The van der Waals surface area contributed by atoms with Crippen molar-refractivity contribution in [2.45, 2.75) is 38.8 Å². The number of nitrogens with two attached hydrogens (primary N) is 1. The largest absolute Gasteiger partial charge is 0.491 e. The van der Waals surface area contributed by atoms with Gasteiger partial charge in [0.25, 0.3) is 0 Å². The first kappa shape index (κ1) is 19.9. The van der Waals surface area contributed by atoms with Crippen LogP contribution in [0.1, 0.15) is 27.2 Å². The fourth-order valence-corrected chi connectivity index (χ4v) is 1.62. The van der Waals surface area contributed by atoms with E-state index in [2.05, 4.69) is 15.1 Å². The van der Waals surface area contributed by atoms with Crippen LogP contribution >= 0.6 is 0 Å². The molecule has 1 rings (SSSR count). The molecule has 0 aliphatic carbocycles. The standard InChI is InChI=1S/C16H25N3O5/c1-16(2,3)19-15(21)23-11-18-12-4-6-13(7-5-12)22-10-14(24-17)8-9-20/h4-7,11,14,20H,8-10,17H2,1-3H3,(H,19,21). The Hall–Kier alpha value is -2.16. The van der Waals surface area contributed by atoms with Gasteiger partial charge in [-0.3, -0.25) is 4.84 Å². The number of carbonyl (C=O) groups excluding carboxylic acids is 1. The van der Waals surface area contributed by atoms with E-state index in [4.69, 9.17) is 20.5 Å². The predicted octanol–water partition coefficient (Wildman–Crippen LogP) is 1.89. The highest BCUT2D eigenvalue weighted by molar-refractivity contribution is 5.77. The number of amides is 1. The Kier molecular flexibility index (Phi) is 8.17. The Labute approximate surface area is 141 Å². The highest BCUT2D eigenvalue weighted by Crippen LogP contribution is 2.18. The van der Waals surface area contributed by atoms with Gasteiger partial charge in [-0.1, -0.05) is 0 Å². The fourth-order valence-electron chi connectivity index (χ4n) is 1.62. The molecule has 8 nitrogen and oxygen atoms in total. The lowest BCUT2D eigenvalue weighted by molar-refractivity contribution is 0.00492. The van der Waals surface area contributed by atoms with Crippen molar-refractivity contribution in [3.8, 4) is 5.75 Å². The van der Waals surface area contributed by atoms with E-state index in [0.717, 1.165) is 6.40 Å². The second-order valence-corrected chi connectivity index (χ2v) is 6.09. The third-order valence-electron chi connectivity index (χ3n) is 2.75. The van der Waals surface area contributed by atoms with Crippen molar-refractivity contribution in [1.82, 2.24) is 5.32 Å². The highest BCUT2D eigenvalue weighted by atomic mass is 16.6. The van der Waals surface area contributed by atoms with Crippen LogP contribution < -0.4 is 16.0 Å². The van der Waals surface area contributed by atoms with Gasteiger partial charge in [0.05, 0.1) is 5.69 Å². The first-order valence-corrected chi connectivity index (χ1v) is 7.54. The van der Waals surface area contributed by atoms with Crippen LogP contribution in [0, 0.1) is 0 Å². The lowest BCUT2D eigenvalue weighted by atomic mass is 10.1. The number of hydrogen-bond acceptors (Lipinski definition) is 7. The molecule has 8 heteroatoms. The van der Waals surface area contributed by atoms with E-state index in [1.165, 1.54) is 0 Å². The number of carbonyl (C=O) groups is 1. The van der Waals surface area contributed by atoms with Gasteiger partial charge in [-0.05, 0) is 45.0 Å². The third kappa shape index (κ3) is 8.47. The maximum Gasteiger partial charge on any atom is 0.413 e. The molecule has 1 atom stereocenters.